The number of nitrogens with one attached hydrogen (secondary N) is 1. The van der Waals surface area contributed by atoms with Crippen LogP contribution in [-0.4, -0.2) is 15.5 Å². The molecular formula is C21H19ClF3N3O2. The Kier molecular flexibility index (Phi) is 5.64. The fraction of sp³-hybridized carbons (Fsp3) is 0.286. The maximum atomic E-state index is 13.5. The van der Waals surface area contributed by atoms with Gasteiger partial charge in [0.1, 0.15) is 6.04 Å². The van der Waals surface area contributed by atoms with E-state index in [1.807, 2.05) is 0 Å². The minimum atomic E-state index is -4.95. The van der Waals surface area contributed by atoms with Gasteiger partial charge in [-0.3, -0.25) is 14.2 Å². The predicted molar refractivity (Wildman–Crippen MR) is 110 cm³/mol. The molecule has 1 unspecified atom stereocenters. The molecule has 0 aliphatic carbocycles. The SMILES string of the molecule is Cc1cc2nc(C(F)(F)F)c(=O)n(C(C)C(=O)Nc3cc(Cl)ccc3C)c2cc1C. The lowest BCUT2D eigenvalue weighted by Gasteiger charge is -2.20. The van der Waals surface area contributed by atoms with Gasteiger partial charge in [0.25, 0.3) is 5.56 Å². The van der Waals surface area contributed by atoms with Gasteiger partial charge >= 0.3 is 6.18 Å². The molecule has 5 nitrogen and oxygen atoms in total. The van der Waals surface area contributed by atoms with Crippen LogP contribution < -0.4 is 10.9 Å². The van der Waals surface area contributed by atoms with Crippen molar-refractivity contribution < 1.29 is 18.0 Å². The fourth-order valence-electron chi connectivity index (χ4n) is 3.11. The molecule has 1 atom stereocenters. The molecular weight excluding hydrogens is 419 g/mol. The highest BCUT2D eigenvalue weighted by Crippen LogP contribution is 2.29. The summed E-state index contributed by atoms with van der Waals surface area (Å²) >= 11 is 5.96. The summed E-state index contributed by atoms with van der Waals surface area (Å²) in [7, 11) is 0. The van der Waals surface area contributed by atoms with Crippen molar-refractivity contribution in [1.82, 2.24) is 9.55 Å². The third-order valence-corrected chi connectivity index (χ3v) is 5.23. The molecule has 158 valence electrons. The Labute approximate surface area is 175 Å². The zero-order chi connectivity index (χ0) is 22.4. The zero-order valence-electron chi connectivity index (χ0n) is 16.7. The van der Waals surface area contributed by atoms with Crippen LogP contribution >= 0.6 is 11.6 Å². The van der Waals surface area contributed by atoms with E-state index in [0.29, 0.717) is 16.3 Å². The summed E-state index contributed by atoms with van der Waals surface area (Å²) in [4.78, 5) is 29.1. The number of aromatic nitrogens is 2. The molecule has 0 spiro atoms. The normalized spacial score (nSPS) is 12.8. The van der Waals surface area contributed by atoms with Gasteiger partial charge in [0.2, 0.25) is 11.6 Å². The highest BCUT2D eigenvalue weighted by atomic mass is 35.5. The first-order chi connectivity index (χ1) is 13.9. The van der Waals surface area contributed by atoms with Crippen LogP contribution in [0.25, 0.3) is 11.0 Å². The predicted octanol–water partition coefficient (Wildman–Crippen LogP) is 5.19. The van der Waals surface area contributed by atoms with Gasteiger partial charge in [-0.1, -0.05) is 17.7 Å². The number of hydrogen-bond donors (Lipinski definition) is 1. The molecule has 2 aromatic carbocycles. The fourth-order valence-corrected chi connectivity index (χ4v) is 3.28. The summed E-state index contributed by atoms with van der Waals surface area (Å²) in [5.74, 6) is -0.652. The molecule has 30 heavy (non-hydrogen) atoms. The van der Waals surface area contributed by atoms with Gasteiger partial charge in [-0.2, -0.15) is 13.2 Å². The van der Waals surface area contributed by atoms with E-state index in [4.69, 9.17) is 11.6 Å². The van der Waals surface area contributed by atoms with Crippen LogP contribution in [0.2, 0.25) is 5.02 Å². The van der Waals surface area contributed by atoms with Gasteiger partial charge in [0.15, 0.2) is 0 Å². The molecule has 1 N–H and O–H groups in total. The van der Waals surface area contributed by atoms with E-state index in [0.717, 1.165) is 15.7 Å². The Morgan fingerprint density at radius 1 is 1.10 bits per heavy atom. The van der Waals surface area contributed by atoms with Crippen molar-refractivity contribution in [3.05, 3.63) is 68.1 Å². The van der Waals surface area contributed by atoms with Crippen LogP contribution in [0, 0.1) is 20.8 Å². The highest BCUT2D eigenvalue weighted by Gasteiger charge is 2.38. The summed E-state index contributed by atoms with van der Waals surface area (Å²) < 4.78 is 41.2. The van der Waals surface area contributed by atoms with Crippen LogP contribution in [0.3, 0.4) is 0 Å². The molecule has 0 saturated heterocycles. The molecule has 0 bridgehead atoms. The van der Waals surface area contributed by atoms with Gasteiger partial charge in [-0.05, 0) is 68.7 Å². The zero-order valence-corrected chi connectivity index (χ0v) is 17.4. The lowest BCUT2D eigenvalue weighted by atomic mass is 10.1. The standard InChI is InChI=1S/C21H19ClF3N3O2/c1-10-5-6-14(22)9-15(10)27-19(29)13(4)28-17-8-12(3)11(2)7-16(17)26-18(20(28)30)21(23,24)25/h5-9,13H,1-4H3,(H,27,29). The molecule has 0 radical (unpaired) electrons. The quantitative estimate of drug-likeness (QED) is 0.613. The van der Waals surface area contributed by atoms with E-state index >= 15 is 0 Å². The number of fused-ring (bicyclic) bond motifs is 1. The molecule has 9 heteroatoms. The first kappa shape index (κ1) is 21.8. The van der Waals surface area contributed by atoms with E-state index in [2.05, 4.69) is 10.3 Å². The number of aryl methyl sites for hydroxylation is 3. The smallest absolute Gasteiger partial charge is 0.324 e. The van der Waals surface area contributed by atoms with Crippen molar-refractivity contribution in [2.75, 3.05) is 5.32 Å². The number of nitrogens with zero attached hydrogens (tertiary/aromatic N) is 2. The molecule has 0 saturated carbocycles. The van der Waals surface area contributed by atoms with Crippen molar-refractivity contribution in [3.8, 4) is 0 Å². The summed E-state index contributed by atoms with van der Waals surface area (Å²) in [6.45, 7) is 6.61. The van der Waals surface area contributed by atoms with Crippen LogP contribution in [-0.2, 0) is 11.0 Å². The number of halogens is 4. The van der Waals surface area contributed by atoms with Gasteiger partial charge in [-0.25, -0.2) is 4.98 Å². The van der Waals surface area contributed by atoms with E-state index in [9.17, 15) is 22.8 Å². The number of alkyl halides is 3. The molecule has 3 rings (SSSR count). The van der Waals surface area contributed by atoms with E-state index in [1.165, 1.54) is 19.1 Å². The number of amides is 1. The maximum absolute atomic E-state index is 13.5. The van der Waals surface area contributed by atoms with E-state index < -0.39 is 29.4 Å². The highest BCUT2D eigenvalue weighted by molar-refractivity contribution is 6.31. The van der Waals surface area contributed by atoms with Crippen molar-refractivity contribution in [1.29, 1.82) is 0 Å². The molecule has 0 aliphatic rings. The average molecular weight is 438 g/mol. The molecule has 1 aromatic heterocycles. The van der Waals surface area contributed by atoms with Crippen molar-refractivity contribution >= 4 is 34.2 Å². The number of rotatable bonds is 3. The number of carbonyl (C=O) groups is 1. The van der Waals surface area contributed by atoms with Crippen molar-refractivity contribution in [2.45, 2.75) is 39.9 Å². The number of benzene rings is 2. The van der Waals surface area contributed by atoms with Gasteiger partial charge in [0, 0.05) is 10.7 Å². The third kappa shape index (κ3) is 4.05. The Balaban J connectivity index is 2.18. The molecule has 0 fully saturated rings. The summed E-state index contributed by atoms with van der Waals surface area (Å²) in [6.07, 6.45) is -4.95. The van der Waals surface area contributed by atoms with Crippen LogP contribution in [0.5, 0.6) is 0 Å². The number of carbonyl (C=O) groups excluding carboxylic acids is 1. The van der Waals surface area contributed by atoms with Crippen LogP contribution in [0.1, 0.15) is 35.3 Å². The van der Waals surface area contributed by atoms with Crippen LogP contribution in [0.4, 0.5) is 18.9 Å². The first-order valence-electron chi connectivity index (χ1n) is 9.08. The van der Waals surface area contributed by atoms with Crippen molar-refractivity contribution in [2.24, 2.45) is 0 Å². The van der Waals surface area contributed by atoms with Crippen LogP contribution in [0.15, 0.2) is 35.1 Å². The molecule has 1 heterocycles. The second kappa shape index (κ2) is 7.75. The average Bonchev–Trinajstić information content (AvgIpc) is 2.64. The van der Waals surface area contributed by atoms with E-state index in [1.54, 1.807) is 39.0 Å². The Hall–Kier alpha value is -2.87. The minimum Gasteiger partial charge on any atom is -0.324 e. The second-order valence-corrected chi connectivity index (χ2v) is 7.62. The number of hydrogen-bond acceptors (Lipinski definition) is 3. The Bertz CT molecular complexity index is 1220. The largest absolute Gasteiger partial charge is 0.438 e. The Morgan fingerprint density at radius 3 is 2.37 bits per heavy atom. The molecule has 0 aliphatic heterocycles. The van der Waals surface area contributed by atoms with E-state index in [-0.39, 0.29) is 11.0 Å². The first-order valence-corrected chi connectivity index (χ1v) is 9.45. The van der Waals surface area contributed by atoms with Crippen molar-refractivity contribution in [3.63, 3.8) is 0 Å². The van der Waals surface area contributed by atoms with Gasteiger partial charge in [0.05, 0.1) is 11.0 Å². The number of anilines is 1. The molecule has 3 aromatic rings. The Morgan fingerprint density at radius 2 is 1.73 bits per heavy atom. The summed E-state index contributed by atoms with van der Waals surface area (Å²) in [6, 6.07) is 6.69. The molecule has 1 amide bonds. The third-order valence-electron chi connectivity index (χ3n) is 5.00. The summed E-state index contributed by atoms with van der Waals surface area (Å²) in [5.41, 5.74) is -0.176. The minimum absolute atomic E-state index is 0.0105. The topological polar surface area (TPSA) is 64.0 Å². The second-order valence-electron chi connectivity index (χ2n) is 7.18. The lowest BCUT2D eigenvalue weighted by molar-refractivity contribution is -0.142. The lowest BCUT2D eigenvalue weighted by Crippen LogP contribution is -2.36. The monoisotopic (exact) mass is 437 g/mol. The summed E-state index contributed by atoms with van der Waals surface area (Å²) in [5, 5.41) is 3.03. The van der Waals surface area contributed by atoms with Gasteiger partial charge < -0.3 is 5.32 Å². The maximum Gasteiger partial charge on any atom is 0.438 e. The van der Waals surface area contributed by atoms with Gasteiger partial charge in [-0.15, -0.1) is 0 Å².